The van der Waals surface area contributed by atoms with E-state index in [0.717, 1.165) is 39.0 Å². The lowest BCUT2D eigenvalue weighted by molar-refractivity contribution is 0.313. The number of halogens is 2. The molecule has 0 amide bonds. The molecular formula is C19H18Cl2N2O2S2. The maximum atomic E-state index is 13.2. The summed E-state index contributed by atoms with van der Waals surface area (Å²) in [5.74, 6) is 0. The van der Waals surface area contributed by atoms with Crippen molar-refractivity contribution in [3.8, 4) is 0 Å². The number of fused-ring (bicyclic) bond motifs is 2. The number of nitrogens with zero attached hydrogens (tertiary/aromatic N) is 2. The number of anilines is 1. The summed E-state index contributed by atoms with van der Waals surface area (Å²) >= 11 is 13.6. The zero-order chi connectivity index (χ0) is 19.3. The Kier molecular flexibility index (Phi) is 4.89. The molecule has 142 valence electrons. The average molecular weight is 441 g/mol. The third-order valence-electron chi connectivity index (χ3n) is 4.90. The molecule has 0 radical (unpaired) electrons. The summed E-state index contributed by atoms with van der Waals surface area (Å²) in [7, 11) is -1.80. The van der Waals surface area contributed by atoms with Crippen molar-refractivity contribution >= 4 is 60.5 Å². The maximum Gasteiger partial charge on any atom is 0.287 e. The van der Waals surface area contributed by atoms with Gasteiger partial charge < -0.3 is 4.90 Å². The minimum atomic E-state index is -3.87. The second kappa shape index (κ2) is 6.94. The van der Waals surface area contributed by atoms with Crippen LogP contribution in [0.2, 0.25) is 5.02 Å². The predicted octanol–water partition coefficient (Wildman–Crippen LogP) is 5.20. The lowest BCUT2D eigenvalue weighted by Gasteiger charge is -2.26. The van der Waals surface area contributed by atoms with E-state index in [-0.39, 0.29) is 4.21 Å². The standard InChI is InChI=1S/C19H18Cl2N2O2S2/c1-12-17-10-15(20)4-6-18(17)26-19(12)27(24,25)23(21)16-5-3-14-11-22(2)8-7-13(14)9-16/h3-6,9-10H,7-8,11H2,1-2H3. The molecule has 8 heteroatoms. The van der Waals surface area contributed by atoms with Gasteiger partial charge >= 0.3 is 0 Å². The maximum absolute atomic E-state index is 13.2. The van der Waals surface area contributed by atoms with Gasteiger partial charge in [-0.1, -0.05) is 17.7 Å². The van der Waals surface area contributed by atoms with Crippen LogP contribution >= 0.6 is 34.7 Å². The highest BCUT2D eigenvalue weighted by atomic mass is 35.5. The zero-order valence-electron chi connectivity index (χ0n) is 14.9. The van der Waals surface area contributed by atoms with Gasteiger partial charge in [-0.3, -0.25) is 0 Å². The SMILES string of the molecule is Cc1c(S(=O)(=O)N(Cl)c2ccc3c(c2)CCN(C)C3)sc2ccc(Cl)cc12. The molecule has 2 heterocycles. The highest BCUT2D eigenvalue weighted by molar-refractivity contribution is 7.96. The lowest BCUT2D eigenvalue weighted by Crippen LogP contribution is -2.27. The van der Waals surface area contributed by atoms with Gasteiger partial charge in [0.25, 0.3) is 10.0 Å². The third kappa shape index (κ3) is 3.34. The molecule has 0 unspecified atom stereocenters. The summed E-state index contributed by atoms with van der Waals surface area (Å²) in [5.41, 5.74) is 3.49. The average Bonchev–Trinajstić information content (AvgIpc) is 2.97. The molecule has 0 atom stereocenters. The van der Waals surface area contributed by atoms with E-state index >= 15 is 0 Å². The molecule has 0 N–H and O–H groups in total. The summed E-state index contributed by atoms with van der Waals surface area (Å²) in [4.78, 5) is 2.24. The Morgan fingerprint density at radius 3 is 2.70 bits per heavy atom. The van der Waals surface area contributed by atoms with Crippen molar-refractivity contribution < 1.29 is 8.42 Å². The molecule has 4 nitrogen and oxygen atoms in total. The van der Waals surface area contributed by atoms with Crippen molar-refractivity contribution in [2.24, 2.45) is 0 Å². The normalized spacial score (nSPS) is 15.1. The second-order valence-electron chi connectivity index (χ2n) is 6.82. The number of aryl methyl sites for hydroxylation is 1. The van der Waals surface area contributed by atoms with E-state index < -0.39 is 10.0 Å². The van der Waals surface area contributed by atoms with Crippen LogP contribution in [-0.2, 0) is 23.0 Å². The Morgan fingerprint density at radius 1 is 1.15 bits per heavy atom. The van der Waals surface area contributed by atoms with Crippen molar-refractivity contribution in [1.82, 2.24) is 4.90 Å². The number of benzene rings is 2. The van der Waals surface area contributed by atoms with Crippen molar-refractivity contribution in [2.75, 3.05) is 17.4 Å². The van der Waals surface area contributed by atoms with Crippen LogP contribution < -0.4 is 3.82 Å². The quantitative estimate of drug-likeness (QED) is 0.525. The molecular weight excluding hydrogens is 423 g/mol. The van der Waals surface area contributed by atoms with Crippen molar-refractivity contribution in [3.63, 3.8) is 0 Å². The predicted molar refractivity (Wildman–Crippen MR) is 114 cm³/mol. The fraction of sp³-hybridized carbons (Fsp3) is 0.263. The first-order chi connectivity index (χ1) is 12.8. The molecule has 0 saturated heterocycles. The van der Waals surface area contributed by atoms with E-state index in [4.69, 9.17) is 23.4 Å². The number of rotatable bonds is 3. The number of hydrogen-bond donors (Lipinski definition) is 0. The zero-order valence-corrected chi connectivity index (χ0v) is 18.0. The monoisotopic (exact) mass is 440 g/mol. The molecule has 27 heavy (non-hydrogen) atoms. The smallest absolute Gasteiger partial charge is 0.287 e. The fourth-order valence-corrected chi connectivity index (χ4v) is 6.89. The Balaban J connectivity index is 1.75. The minimum absolute atomic E-state index is 0.243. The van der Waals surface area contributed by atoms with Crippen LogP contribution in [-0.4, -0.2) is 26.9 Å². The first-order valence-electron chi connectivity index (χ1n) is 8.47. The van der Waals surface area contributed by atoms with E-state index in [1.54, 1.807) is 25.1 Å². The molecule has 0 bridgehead atoms. The number of likely N-dealkylation sites (N-methyl/N-ethyl adjacent to an activating group) is 1. The van der Waals surface area contributed by atoms with E-state index in [2.05, 4.69) is 11.9 Å². The van der Waals surface area contributed by atoms with Gasteiger partial charge in [-0.05, 0) is 72.8 Å². The first kappa shape index (κ1) is 19.0. The highest BCUT2D eigenvalue weighted by Crippen LogP contribution is 2.39. The third-order valence-corrected chi connectivity index (χ3v) is 9.23. The molecule has 0 fully saturated rings. The topological polar surface area (TPSA) is 40.6 Å². The first-order valence-corrected chi connectivity index (χ1v) is 11.4. The number of sulfonamides is 1. The molecule has 1 aromatic heterocycles. The molecule has 0 saturated carbocycles. The summed E-state index contributed by atoms with van der Waals surface area (Å²) in [6.07, 6.45) is 0.880. The van der Waals surface area contributed by atoms with Crippen LogP contribution in [0, 0.1) is 6.92 Å². The van der Waals surface area contributed by atoms with Gasteiger partial charge in [-0.2, -0.15) is 12.2 Å². The highest BCUT2D eigenvalue weighted by Gasteiger charge is 2.29. The molecule has 1 aliphatic rings. The van der Waals surface area contributed by atoms with E-state index in [1.165, 1.54) is 16.9 Å². The van der Waals surface area contributed by atoms with Crippen LogP contribution in [0.4, 0.5) is 5.69 Å². The Labute approximate surface area is 173 Å². The largest absolute Gasteiger partial charge is 0.302 e. The van der Waals surface area contributed by atoms with Gasteiger partial charge in [0.05, 0.1) is 5.69 Å². The van der Waals surface area contributed by atoms with Crippen LogP contribution in [0.3, 0.4) is 0 Å². The van der Waals surface area contributed by atoms with Gasteiger partial charge in [-0.25, -0.2) is 0 Å². The molecule has 1 aliphatic heterocycles. The van der Waals surface area contributed by atoms with E-state index in [9.17, 15) is 8.42 Å². The molecule has 0 aliphatic carbocycles. The van der Waals surface area contributed by atoms with E-state index in [1.807, 2.05) is 18.2 Å². The Morgan fingerprint density at radius 2 is 1.93 bits per heavy atom. The van der Waals surface area contributed by atoms with E-state index in [0.29, 0.717) is 16.3 Å². The number of thiophene rings is 1. The molecule has 4 rings (SSSR count). The van der Waals surface area contributed by atoms with Gasteiger partial charge in [0.1, 0.15) is 4.21 Å². The lowest BCUT2D eigenvalue weighted by atomic mass is 10.00. The summed E-state index contributed by atoms with van der Waals surface area (Å²) in [6, 6.07) is 11.0. The summed E-state index contributed by atoms with van der Waals surface area (Å²) in [6.45, 7) is 3.60. The van der Waals surface area contributed by atoms with Crippen molar-refractivity contribution in [1.29, 1.82) is 0 Å². The van der Waals surface area contributed by atoms with Gasteiger partial charge in [-0.15, -0.1) is 11.3 Å². The van der Waals surface area contributed by atoms with Crippen LogP contribution in [0.25, 0.3) is 10.1 Å². The van der Waals surface area contributed by atoms with Crippen molar-refractivity contribution in [2.45, 2.75) is 24.1 Å². The van der Waals surface area contributed by atoms with Crippen LogP contribution in [0.1, 0.15) is 16.7 Å². The second-order valence-corrected chi connectivity index (χ2v) is 10.8. The summed E-state index contributed by atoms with van der Waals surface area (Å²) in [5, 5.41) is 1.42. The van der Waals surface area contributed by atoms with Crippen LogP contribution in [0.15, 0.2) is 40.6 Å². The Bertz CT molecular complexity index is 1140. The fourth-order valence-electron chi connectivity index (χ4n) is 3.42. The summed E-state index contributed by atoms with van der Waals surface area (Å²) < 4.78 is 28.4. The minimum Gasteiger partial charge on any atom is -0.302 e. The van der Waals surface area contributed by atoms with Gasteiger partial charge in [0.15, 0.2) is 0 Å². The van der Waals surface area contributed by atoms with Crippen molar-refractivity contribution in [3.05, 3.63) is 58.1 Å². The molecule has 2 aromatic carbocycles. The Hall–Kier alpha value is -1.31. The number of hydrogen-bond acceptors (Lipinski definition) is 4. The van der Waals surface area contributed by atoms with Gasteiger partial charge in [0, 0.05) is 34.6 Å². The molecule has 0 spiro atoms. The molecule has 3 aromatic rings. The van der Waals surface area contributed by atoms with Crippen LogP contribution in [0.5, 0.6) is 0 Å². The van der Waals surface area contributed by atoms with Gasteiger partial charge in [0.2, 0.25) is 0 Å².